The van der Waals surface area contributed by atoms with E-state index in [1.165, 1.54) is 0 Å². The van der Waals surface area contributed by atoms with Gasteiger partial charge in [0.15, 0.2) is 0 Å². The molecule has 0 radical (unpaired) electrons. The van der Waals surface area contributed by atoms with Crippen LogP contribution < -0.4 is 10.5 Å². The molecule has 1 aromatic heterocycles. The number of nitrogens with two attached hydrogens (primary N) is 1. The summed E-state index contributed by atoms with van der Waals surface area (Å²) in [5, 5.41) is 0. The second kappa shape index (κ2) is 6.34. The van der Waals surface area contributed by atoms with Crippen molar-refractivity contribution in [2.24, 2.45) is 5.73 Å². The second-order valence-electron chi connectivity index (χ2n) is 4.53. The van der Waals surface area contributed by atoms with E-state index in [2.05, 4.69) is 24.0 Å². The Balaban J connectivity index is 2.18. The lowest BCUT2D eigenvalue weighted by molar-refractivity contribution is 0.216. The molecule has 0 saturated carbocycles. The Bertz CT molecular complexity index is 503. The molecule has 0 amide bonds. The fourth-order valence-electron chi connectivity index (χ4n) is 1.95. The van der Waals surface area contributed by atoms with Crippen LogP contribution in [0.15, 0.2) is 42.5 Å². The number of rotatable bonds is 5. The highest BCUT2D eigenvalue weighted by Gasteiger charge is 2.09. The lowest BCUT2D eigenvalue weighted by Gasteiger charge is -2.15. The van der Waals surface area contributed by atoms with E-state index in [4.69, 9.17) is 10.5 Å². The number of hydrogen-bond acceptors (Lipinski definition) is 3. The maximum atomic E-state index is 5.92. The van der Waals surface area contributed by atoms with Gasteiger partial charge >= 0.3 is 0 Å². The summed E-state index contributed by atoms with van der Waals surface area (Å²) in [4.78, 5) is 4.49. The number of pyridine rings is 1. The second-order valence-corrected chi connectivity index (χ2v) is 4.53. The number of nitrogens with zero attached hydrogens (tertiary/aromatic N) is 1. The molecule has 19 heavy (non-hydrogen) atoms. The summed E-state index contributed by atoms with van der Waals surface area (Å²) in [6.07, 6.45) is 0.857. The Labute approximate surface area is 114 Å². The Morgan fingerprint density at radius 2 is 1.95 bits per heavy atom. The van der Waals surface area contributed by atoms with Crippen molar-refractivity contribution in [3.05, 3.63) is 59.3 Å². The first kappa shape index (κ1) is 13.6. The lowest BCUT2D eigenvalue weighted by Crippen LogP contribution is -2.07. The van der Waals surface area contributed by atoms with E-state index in [9.17, 15) is 0 Å². The average Bonchev–Trinajstić information content (AvgIpc) is 2.47. The molecule has 0 bridgehead atoms. The molecule has 3 nitrogen and oxygen atoms in total. The van der Waals surface area contributed by atoms with Crippen LogP contribution in [0.25, 0.3) is 0 Å². The molecule has 2 rings (SSSR count). The molecule has 0 aliphatic carbocycles. The van der Waals surface area contributed by atoms with Crippen LogP contribution in [0.1, 0.15) is 36.8 Å². The van der Waals surface area contributed by atoms with Gasteiger partial charge in [0.1, 0.15) is 6.10 Å². The zero-order valence-electron chi connectivity index (χ0n) is 11.5. The summed E-state index contributed by atoms with van der Waals surface area (Å²) in [7, 11) is 0. The molecule has 1 atom stereocenters. The molecule has 0 aliphatic heterocycles. The third kappa shape index (κ3) is 3.55. The summed E-state index contributed by atoms with van der Waals surface area (Å²) in [6.45, 7) is 4.61. The molecule has 0 spiro atoms. The van der Waals surface area contributed by atoms with Gasteiger partial charge in [-0.1, -0.05) is 37.3 Å². The van der Waals surface area contributed by atoms with Gasteiger partial charge in [0.2, 0.25) is 5.88 Å². The van der Waals surface area contributed by atoms with Crippen LogP contribution >= 0.6 is 0 Å². The molecule has 100 valence electrons. The molecule has 1 aromatic carbocycles. The summed E-state index contributed by atoms with van der Waals surface area (Å²) >= 11 is 0. The van der Waals surface area contributed by atoms with Gasteiger partial charge in [-0.2, -0.15) is 0 Å². The number of hydrogen-bond donors (Lipinski definition) is 1. The molecule has 0 saturated heterocycles. The maximum absolute atomic E-state index is 5.92. The third-order valence-electron chi connectivity index (χ3n) is 3.08. The van der Waals surface area contributed by atoms with Crippen LogP contribution in [-0.2, 0) is 13.0 Å². The van der Waals surface area contributed by atoms with Crippen LogP contribution in [-0.4, -0.2) is 4.98 Å². The standard InChI is InChI=1S/C16H20N2O/c1-3-15-9-13(11-17)10-16(18-15)19-12(2)14-7-5-4-6-8-14/h4-10,12H,3,11,17H2,1-2H3. The first-order chi connectivity index (χ1) is 9.22. The minimum Gasteiger partial charge on any atom is -0.470 e. The van der Waals surface area contributed by atoms with Crippen molar-refractivity contribution in [2.45, 2.75) is 32.9 Å². The van der Waals surface area contributed by atoms with E-state index in [0.717, 1.165) is 23.2 Å². The predicted molar refractivity (Wildman–Crippen MR) is 77.0 cm³/mol. The van der Waals surface area contributed by atoms with Crippen molar-refractivity contribution in [3.63, 3.8) is 0 Å². The van der Waals surface area contributed by atoms with Crippen molar-refractivity contribution >= 4 is 0 Å². The minimum absolute atomic E-state index is 0.0218. The molecule has 0 fully saturated rings. The Morgan fingerprint density at radius 3 is 2.58 bits per heavy atom. The van der Waals surface area contributed by atoms with E-state index in [-0.39, 0.29) is 6.10 Å². The summed E-state index contributed by atoms with van der Waals surface area (Å²) in [6, 6.07) is 14.1. The molecular formula is C16H20N2O. The van der Waals surface area contributed by atoms with Gasteiger partial charge in [-0.3, -0.25) is 0 Å². The first-order valence-corrected chi connectivity index (χ1v) is 6.64. The molecule has 1 unspecified atom stereocenters. The highest BCUT2D eigenvalue weighted by molar-refractivity contribution is 5.26. The lowest BCUT2D eigenvalue weighted by atomic mass is 10.1. The van der Waals surface area contributed by atoms with Crippen molar-refractivity contribution < 1.29 is 4.74 Å². The Kier molecular flexibility index (Phi) is 4.53. The number of aryl methyl sites for hydroxylation is 1. The van der Waals surface area contributed by atoms with Crippen molar-refractivity contribution in [3.8, 4) is 5.88 Å². The van der Waals surface area contributed by atoms with E-state index >= 15 is 0 Å². The molecule has 2 N–H and O–H groups in total. The monoisotopic (exact) mass is 256 g/mol. The molecule has 0 aliphatic rings. The highest BCUT2D eigenvalue weighted by atomic mass is 16.5. The Morgan fingerprint density at radius 1 is 1.21 bits per heavy atom. The fourth-order valence-corrected chi connectivity index (χ4v) is 1.95. The summed E-state index contributed by atoms with van der Waals surface area (Å²) < 4.78 is 5.92. The fraction of sp³-hybridized carbons (Fsp3) is 0.312. The van der Waals surface area contributed by atoms with Crippen LogP contribution in [0.5, 0.6) is 5.88 Å². The average molecular weight is 256 g/mol. The maximum Gasteiger partial charge on any atom is 0.214 e. The normalized spacial score (nSPS) is 12.2. The number of aromatic nitrogens is 1. The zero-order valence-corrected chi connectivity index (χ0v) is 11.5. The van der Waals surface area contributed by atoms with Gasteiger partial charge in [-0.25, -0.2) is 4.98 Å². The molecule has 3 heteroatoms. The summed E-state index contributed by atoms with van der Waals surface area (Å²) in [5.74, 6) is 0.649. The zero-order chi connectivity index (χ0) is 13.7. The van der Waals surface area contributed by atoms with Gasteiger partial charge in [0, 0.05) is 18.3 Å². The van der Waals surface area contributed by atoms with Gasteiger partial charge in [-0.15, -0.1) is 0 Å². The molecule has 1 heterocycles. The van der Waals surface area contributed by atoms with E-state index in [0.29, 0.717) is 12.4 Å². The molecule has 2 aromatic rings. The van der Waals surface area contributed by atoms with Crippen LogP contribution in [0, 0.1) is 0 Å². The number of benzene rings is 1. The Hall–Kier alpha value is -1.87. The quantitative estimate of drug-likeness (QED) is 0.893. The van der Waals surface area contributed by atoms with Crippen molar-refractivity contribution in [2.75, 3.05) is 0 Å². The van der Waals surface area contributed by atoms with Gasteiger partial charge in [0.05, 0.1) is 0 Å². The van der Waals surface area contributed by atoms with Gasteiger partial charge < -0.3 is 10.5 Å². The largest absolute Gasteiger partial charge is 0.470 e. The first-order valence-electron chi connectivity index (χ1n) is 6.64. The van der Waals surface area contributed by atoms with Gasteiger partial charge in [0.25, 0.3) is 0 Å². The highest BCUT2D eigenvalue weighted by Crippen LogP contribution is 2.21. The van der Waals surface area contributed by atoms with E-state index in [1.807, 2.05) is 37.3 Å². The van der Waals surface area contributed by atoms with E-state index in [1.54, 1.807) is 0 Å². The van der Waals surface area contributed by atoms with Crippen LogP contribution in [0.2, 0.25) is 0 Å². The van der Waals surface area contributed by atoms with Crippen LogP contribution in [0.3, 0.4) is 0 Å². The van der Waals surface area contributed by atoms with Gasteiger partial charge in [-0.05, 0) is 30.5 Å². The minimum atomic E-state index is -0.0218. The van der Waals surface area contributed by atoms with Crippen molar-refractivity contribution in [1.82, 2.24) is 4.98 Å². The number of ether oxygens (including phenoxy) is 1. The van der Waals surface area contributed by atoms with Crippen LogP contribution in [0.4, 0.5) is 0 Å². The van der Waals surface area contributed by atoms with Crippen molar-refractivity contribution in [1.29, 1.82) is 0 Å². The van der Waals surface area contributed by atoms with E-state index < -0.39 is 0 Å². The smallest absolute Gasteiger partial charge is 0.214 e. The summed E-state index contributed by atoms with van der Waals surface area (Å²) in [5.41, 5.74) is 8.91. The SMILES string of the molecule is CCc1cc(CN)cc(OC(C)c2ccccc2)n1. The third-order valence-corrected chi connectivity index (χ3v) is 3.08. The molecular weight excluding hydrogens is 236 g/mol. The topological polar surface area (TPSA) is 48.1 Å². The predicted octanol–water partition coefficient (Wildman–Crippen LogP) is 3.24.